The van der Waals surface area contributed by atoms with E-state index < -0.39 is 0 Å². The normalized spacial score (nSPS) is 18.4. The van der Waals surface area contributed by atoms with Crippen LogP contribution >= 0.6 is 0 Å². The molecule has 30 heavy (non-hydrogen) atoms. The first-order valence-corrected chi connectivity index (χ1v) is 11.3. The quantitative estimate of drug-likeness (QED) is 0.549. The average Bonchev–Trinajstić information content (AvgIpc) is 3.05. The van der Waals surface area contributed by atoms with E-state index in [0.29, 0.717) is 25.9 Å². The topological polar surface area (TPSA) is 69.3 Å². The van der Waals surface area contributed by atoms with Crippen LogP contribution in [0.5, 0.6) is 0 Å². The molecule has 3 rings (SSSR count). The van der Waals surface area contributed by atoms with Crippen LogP contribution in [-0.2, 0) is 16.1 Å². The highest BCUT2D eigenvalue weighted by Gasteiger charge is 2.31. The van der Waals surface area contributed by atoms with Crippen LogP contribution in [0, 0.1) is 31.1 Å². The molecular formula is C24H34N4O2. The number of piperidine rings is 2. The Bertz CT molecular complexity index is 847. The summed E-state index contributed by atoms with van der Waals surface area (Å²) in [5, 5.41) is 9.64. The number of aromatic nitrogens is 1. The third-order valence-corrected chi connectivity index (χ3v) is 6.51. The number of hydrogen-bond donors (Lipinski definition) is 0. The smallest absolute Gasteiger partial charge is 0.264 e. The van der Waals surface area contributed by atoms with Gasteiger partial charge < -0.3 is 14.4 Å². The monoisotopic (exact) mass is 410 g/mol. The van der Waals surface area contributed by atoms with E-state index in [9.17, 15) is 14.9 Å². The third-order valence-electron chi connectivity index (χ3n) is 6.51. The molecule has 0 spiro atoms. The Kier molecular flexibility index (Phi) is 7.36. The zero-order valence-corrected chi connectivity index (χ0v) is 18.6. The van der Waals surface area contributed by atoms with Gasteiger partial charge in [0.05, 0.1) is 0 Å². The average molecular weight is 411 g/mol. The third kappa shape index (κ3) is 4.77. The summed E-state index contributed by atoms with van der Waals surface area (Å²) in [6.45, 7) is 9.97. The number of rotatable bonds is 5. The lowest BCUT2D eigenvalue weighted by Gasteiger charge is -2.35. The fourth-order valence-corrected chi connectivity index (χ4v) is 4.71. The zero-order chi connectivity index (χ0) is 21.7. The van der Waals surface area contributed by atoms with Crippen LogP contribution in [0.1, 0.15) is 62.4 Å². The van der Waals surface area contributed by atoms with Gasteiger partial charge in [-0.2, -0.15) is 5.26 Å². The molecule has 2 saturated heterocycles. The maximum atomic E-state index is 13.0. The van der Waals surface area contributed by atoms with Crippen LogP contribution in [-0.4, -0.2) is 52.4 Å². The van der Waals surface area contributed by atoms with Crippen LogP contribution in [0.3, 0.4) is 0 Å². The van der Waals surface area contributed by atoms with Gasteiger partial charge in [-0.1, -0.05) is 6.92 Å². The first-order valence-electron chi connectivity index (χ1n) is 11.3. The maximum absolute atomic E-state index is 13.0. The lowest BCUT2D eigenvalue weighted by Crippen LogP contribution is -2.46. The molecule has 6 heteroatoms. The summed E-state index contributed by atoms with van der Waals surface area (Å²) in [7, 11) is 0. The molecule has 3 heterocycles. The standard InChI is InChI=1S/C24H34N4O2/c1-4-10-28-18(2)15-21(19(28)3)16-22(17-25)24(30)27-13-8-20(9-14-27)23(29)26-11-6-5-7-12-26/h15-16,20H,4-14H2,1-3H3/b22-16-. The summed E-state index contributed by atoms with van der Waals surface area (Å²) in [6.07, 6.45) is 7.53. The second-order valence-electron chi connectivity index (χ2n) is 8.60. The van der Waals surface area contributed by atoms with Gasteiger partial charge in [-0.25, -0.2) is 0 Å². The van der Waals surface area contributed by atoms with Gasteiger partial charge in [0.1, 0.15) is 11.6 Å². The van der Waals surface area contributed by atoms with E-state index in [1.165, 1.54) is 6.42 Å². The number of likely N-dealkylation sites (tertiary alicyclic amines) is 2. The number of nitriles is 1. The van der Waals surface area contributed by atoms with Crippen LogP contribution in [0.15, 0.2) is 11.6 Å². The minimum atomic E-state index is -0.221. The van der Waals surface area contributed by atoms with E-state index in [0.717, 1.165) is 55.8 Å². The molecule has 0 N–H and O–H groups in total. The number of hydrogen-bond acceptors (Lipinski definition) is 3. The molecule has 162 valence electrons. The highest BCUT2D eigenvalue weighted by Crippen LogP contribution is 2.24. The van der Waals surface area contributed by atoms with Crippen molar-refractivity contribution in [2.24, 2.45) is 5.92 Å². The van der Waals surface area contributed by atoms with Gasteiger partial charge in [-0.15, -0.1) is 0 Å². The van der Waals surface area contributed by atoms with Gasteiger partial charge in [0.25, 0.3) is 5.91 Å². The molecule has 2 amide bonds. The molecule has 2 fully saturated rings. The molecule has 0 atom stereocenters. The summed E-state index contributed by atoms with van der Waals surface area (Å²) < 4.78 is 2.23. The number of carbonyl (C=O) groups is 2. The van der Waals surface area contributed by atoms with E-state index in [1.54, 1.807) is 11.0 Å². The largest absolute Gasteiger partial charge is 0.349 e. The molecule has 2 aliphatic rings. The molecule has 0 unspecified atom stereocenters. The fourth-order valence-electron chi connectivity index (χ4n) is 4.71. The molecule has 6 nitrogen and oxygen atoms in total. The minimum absolute atomic E-state index is 0.00892. The Morgan fingerprint density at radius 2 is 1.77 bits per heavy atom. The highest BCUT2D eigenvalue weighted by atomic mass is 16.2. The maximum Gasteiger partial charge on any atom is 0.264 e. The lowest BCUT2D eigenvalue weighted by atomic mass is 9.94. The summed E-state index contributed by atoms with van der Waals surface area (Å²) >= 11 is 0. The van der Waals surface area contributed by atoms with Crippen LogP contribution in [0.4, 0.5) is 0 Å². The Morgan fingerprint density at radius 3 is 2.37 bits per heavy atom. The van der Waals surface area contributed by atoms with Crippen LogP contribution < -0.4 is 0 Å². The van der Waals surface area contributed by atoms with E-state index in [4.69, 9.17) is 0 Å². The zero-order valence-electron chi connectivity index (χ0n) is 18.6. The Hall–Kier alpha value is -2.55. The van der Waals surface area contributed by atoms with E-state index in [1.807, 2.05) is 17.9 Å². The van der Waals surface area contributed by atoms with Crippen molar-refractivity contribution in [3.63, 3.8) is 0 Å². The molecule has 2 aliphatic heterocycles. The van der Waals surface area contributed by atoms with Crippen molar-refractivity contribution in [3.8, 4) is 6.07 Å². The van der Waals surface area contributed by atoms with Gasteiger partial charge in [0.15, 0.2) is 0 Å². The molecule has 0 radical (unpaired) electrons. The summed E-state index contributed by atoms with van der Waals surface area (Å²) in [5.74, 6) is 0.0394. The van der Waals surface area contributed by atoms with E-state index in [2.05, 4.69) is 24.5 Å². The second-order valence-corrected chi connectivity index (χ2v) is 8.60. The highest BCUT2D eigenvalue weighted by molar-refractivity contribution is 6.02. The van der Waals surface area contributed by atoms with E-state index in [-0.39, 0.29) is 23.3 Å². The van der Waals surface area contributed by atoms with Crippen molar-refractivity contribution in [3.05, 3.63) is 28.6 Å². The Labute approximate surface area is 180 Å². The fraction of sp³-hybridized carbons (Fsp3) is 0.625. The van der Waals surface area contributed by atoms with Crippen molar-refractivity contribution in [2.45, 2.75) is 65.8 Å². The molecule has 0 bridgehead atoms. The van der Waals surface area contributed by atoms with Gasteiger partial charge in [0, 0.05) is 50.0 Å². The predicted molar refractivity (Wildman–Crippen MR) is 118 cm³/mol. The first-order chi connectivity index (χ1) is 14.5. The number of aryl methyl sites for hydroxylation is 1. The van der Waals surface area contributed by atoms with Crippen molar-refractivity contribution in [1.29, 1.82) is 5.26 Å². The van der Waals surface area contributed by atoms with Gasteiger partial charge >= 0.3 is 0 Å². The number of amides is 2. The second kappa shape index (κ2) is 9.97. The molecule has 0 aromatic carbocycles. The number of carbonyl (C=O) groups excluding carboxylic acids is 2. The van der Waals surface area contributed by atoms with Crippen molar-refractivity contribution < 1.29 is 9.59 Å². The van der Waals surface area contributed by atoms with Gasteiger partial charge in [-0.3, -0.25) is 9.59 Å². The van der Waals surface area contributed by atoms with E-state index >= 15 is 0 Å². The van der Waals surface area contributed by atoms with Gasteiger partial charge in [0.2, 0.25) is 5.91 Å². The summed E-state index contributed by atoms with van der Waals surface area (Å²) in [6, 6.07) is 4.15. The lowest BCUT2D eigenvalue weighted by molar-refractivity contribution is -0.140. The van der Waals surface area contributed by atoms with Crippen LogP contribution in [0.2, 0.25) is 0 Å². The minimum Gasteiger partial charge on any atom is -0.349 e. The van der Waals surface area contributed by atoms with Crippen molar-refractivity contribution >= 4 is 17.9 Å². The molecule has 0 saturated carbocycles. The van der Waals surface area contributed by atoms with Crippen LogP contribution in [0.25, 0.3) is 6.08 Å². The van der Waals surface area contributed by atoms with Crippen molar-refractivity contribution in [2.75, 3.05) is 26.2 Å². The first kappa shape index (κ1) is 22.1. The summed E-state index contributed by atoms with van der Waals surface area (Å²) in [4.78, 5) is 29.5. The molecule has 1 aromatic rings. The number of nitrogens with zero attached hydrogens (tertiary/aromatic N) is 4. The van der Waals surface area contributed by atoms with Gasteiger partial charge in [-0.05, 0) is 70.1 Å². The SMILES string of the molecule is CCCn1c(C)cc(/C=C(/C#N)C(=O)N2CCC(C(=O)N3CCCCC3)CC2)c1C. The Balaban J connectivity index is 1.65. The molecule has 1 aromatic heterocycles. The Morgan fingerprint density at radius 1 is 1.10 bits per heavy atom. The molecule has 0 aliphatic carbocycles. The summed E-state index contributed by atoms with van der Waals surface area (Å²) in [5.41, 5.74) is 3.33. The predicted octanol–water partition coefficient (Wildman–Crippen LogP) is 3.67. The molecular weight excluding hydrogens is 376 g/mol. The van der Waals surface area contributed by atoms with Crippen molar-refractivity contribution in [1.82, 2.24) is 14.4 Å².